The van der Waals surface area contributed by atoms with Gasteiger partial charge in [0.05, 0.1) is 22.3 Å². The van der Waals surface area contributed by atoms with Crippen molar-refractivity contribution in [3.8, 4) is 11.4 Å². The molecule has 0 saturated heterocycles. The summed E-state index contributed by atoms with van der Waals surface area (Å²) in [4.78, 5) is 26.4. The van der Waals surface area contributed by atoms with Crippen LogP contribution in [0, 0.1) is 11.7 Å². The van der Waals surface area contributed by atoms with Crippen molar-refractivity contribution in [1.82, 2.24) is 19.7 Å². The first-order valence-electron chi connectivity index (χ1n) is 8.96. The first kappa shape index (κ1) is 22.0. The van der Waals surface area contributed by atoms with Gasteiger partial charge < -0.3 is 10.2 Å². The minimum Gasteiger partial charge on any atom is -0.335 e. The molecule has 3 rings (SSSR count). The van der Waals surface area contributed by atoms with Crippen molar-refractivity contribution in [3.05, 3.63) is 62.8 Å². The standard InChI is InChI=1S/C20H19Cl2N5O2S/c1-12-6-8-13(9-7-12)19-24-25-20(30)27(19)11-17(29)26(2)10-16(28)23-18-14(21)4-3-5-15(18)22/h3-9H,10-11H2,1-2H3,(H,23,28)(H,25,30). The SMILES string of the molecule is Cc1ccc(-c2n[nH]c(=S)n2CC(=O)N(C)CC(=O)Nc2c(Cl)cccc2Cl)cc1. The molecule has 156 valence electrons. The highest BCUT2D eigenvalue weighted by atomic mass is 35.5. The van der Waals surface area contributed by atoms with Crippen LogP contribution in [-0.2, 0) is 16.1 Å². The first-order chi connectivity index (χ1) is 14.3. The van der Waals surface area contributed by atoms with E-state index in [1.807, 2.05) is 31.2 Å². The van der Waals surface area contributed by atoms with Crippen molar-refractivity contribution in [2.24, 2.45) is 0 Å². The van der Waals surface area contributed by atoms with E-state index in [1.54, 1.807) is 22.8 Å². The third-order valence-electron chi connectivity index (χ3n) is 4.40. The van der Waals surface area contributed by atoms with Gasteiger partial charge in [-0.1, -0.05) is 59.1 Å². The predicted molar refractivity (Wildman–Crippen MR) is 120 cm³/mol. The number of aromatic amines is 1. The van der Waals surface area contributed by atoms with Gasteiger partial charge in [0, 0.05) is 12.6 Å². The molecule has 0 aliphatic heterocycles. The summed E-state index contributed by atoms with van der Waals surface area (Å²) in [5, 5.41) is 10.2. The van der Waals surface area contributed by atoms with Crippen LogP contribution in [0.2, 0.25) is 10.0 Å². The summed E-state index contributed by atoms with van der Waals surface area (Å²) < 4.78 is 1.92. The summed E-state index contributed by atoms with van der Waals surface area (Å²) in [5.74, 6) is -0.175. The molecule has 0 aliphatic rings. The minimum absolute atomic E-state index is 0.0603. The number of likely N-dealkylation sites (N-methyl/N-ethyl adjacent to an activating group) is 1. The van der Waals surface area contributed by atoms with Gasteiger partial charge in [-0.15, -0.1) is 0 Å². The number of aromatic nitrogens is 3. The van der Waals surface area contributed by atoms with Gasteiger partial charge in [-0.05, 0) is 31.3 Å². The number of benzene rings is 2. The smallest absolute Gasteiger partial charge is 0.244 e. The van der Waals surface area contributed by atoms with Crippen LogP contribution in [0.4, 0.5) is 5.69 Å². The third kappa shape index (κ3) is 5.08. The number of rotatable bonds is 6. The van der Waals surface area contributed by atoms with Crippen molar-refractivity contribution in [3.63, 3.8) is 0 Å². The lowest BCUT2D eigenvalue weighted by Crippen LogP contribution is -2.37. The first-order valence-corrected chi connectivity index (χ1v) is 10.1. The molecule has 30 heavy (non-hydrogen) atoms. The highest BCUT2D eigenvalue weighted by Crippen LogP contribution is 2.29. The maximum Gasteiger partial charge on any atom is 0.244 e. The number of carbonyl (C=O) groups excluding carboxylic acids is 2. The highest BCUT2D eigenvalue weighted by molar-refractivity contribution is 7.71. The molecule has 0 radical (unpaired) electrons. The van der Waals surface area contributed by atoms with E-state index < -0.39 is 5.91 Å². The Morgan fingerprint density at radius 2 is 1.80 bits per heavy atom. The molecule has 2 aromatic carbocycles. The van der Waals surface area contributed by atoms with E-state index in [0.29, 0.717) is 26.3 Å². The van der Waals surface area contributed by atoms with Crippen molar-refractivity contribution < 1.29 is 9.59 Å². The van der Waals surface area contributed by atoms with Gasteiger partial charge in [-0.3, -0.25) is 19.3 Å². The van der Waals surface area contributed by atoms with Crippen LogP contribution in [0.5, 0.6) is 0 Å². The van der Waals surface area contributed by atoms with Crippen LogP contribution < -0.4 is 5.32 Å². The lowest BCUT2D eigenvalue weighted by atomic mass is 10.1. The molecule has 0 bridgehead atoms. The second-order valence-corrected chi connectivity index (χ2v) is 7.90. The molecule has 0 fully saturated rings. The molecular formula is C20H19Cl2N5O2S. The quantitative estimate of drug-likeness (QED) is 0.533. The number of aryl methyl sites for hydroxylation is 1. The van der Waals surface area contributed by atoms with E-state index in [9.17, 15) is 9.59 Å². The number of nitrogens with one attached hydrogen (secondary N) is 2. The van der Waals surface area contributed by atoms with Crippen molar-refractivity contribution in [1.29, 1.82) is 0 Å². The number of halogens is 2. The molecule has 1 aromatic heterocycles. The summed E-state index contributed by atoms with van der Waals surface area (Å²) in [6.45, 7) is 1.75. The molecule has 2 amide bonds. The number of anilines is 1. The minimum atomic E-state index is -0.421. The van der Waals surface area contributed by atoms with Gasteiger partial charge in [0.2, 0.25) is 11.8 Å². The van der Waals surface area contributed by atoms with Gasteiger partial charge in [0.25, 0.3) is 0 Å². The number of hydrogen-bond acceptors (Lipinski definition) is 4. The largest absolute Gasteiger partial charge is 0.335 e. The van der Waals surface area contributed by atoms with Crippen LogP contribution in [0.25, 0.3) is 11.4 Å². The summed E-state index contributed by atoms with van der Waals surface area (Å²) in [7, 11) is 1.53. The molecule has 1 heterocycles. The zero-order valence-corrected chi connectivity index (χ0v) is 18.6. The number of carbonyl (C=O) groups is 2. The average molecular weight is 464 g/mol. The van der Waals surface area contributed by atoms with E-state index in [2.05, 4.69) is 15.5 Å². The molecule has 7 nitrogen and oxygen atoms in total. The highest BCUT2D eigenvalue weighted by Gasteiger charge is 2.18. The number of nitrogens with zero attached hydrogens (tertiary/aromatic N) is 3. The van der Waals surface area contributed by atoms with Gasteiger partial charge in [0.1, 0.15) is 6.54 Å². The summed E-state index contributed by atoms with van der Waals surface area (Å²) in [5.41, 5.74) is 2.25. The Labute approximate surface area is 188 Å². The van der Waals surface area contributed by atoms with E-state index in [0.717, 1.165) is 11.1 Å². The van der Waals surface area contributed by atoms with Gasteiger partial charge in [-0.25, -0.2) is 0 Å². The summed E-state index contributed by atoms with van der Waals surface area (Å²) >= 11 is 17.4. The van der Waals surface area contributed by atoms with E-state index in [4.69, 9.17) is 35.4 Å². The molecular weight excluding hydrogens is 445 g/mol. The zero-order valence-electron chi connectivity index (χ0n) is 16.3. The summed E-state index contributed by atoms with van der Waals surface area (Å²) in [6.07, 6.45) is 0. The Bertz CT molecular complexity index is 1120. The second-order valence-electron chi connectivity index (χ2n) is 6.70. The number of para-hydroxylation sites is 1. The fourth-order valence-electron chi connectivity index (χ4n) is 2.74. The van der Waals surface area contributed by atoms with Crippen molar-refractivity contribution in [2.45, 2.75) is 13.5 Å². The fraction of sp³-hybridized carbons (Fsp3) is 0.200. The normalized spacial score (nSPS) is 10.7. The molecule has 3 aromatic rings. The Morgan fingerprint density at radius 1 is 1.17 bits per heavy atom. The zero-order chi connectivity index (χ0) is 21.8. The molecule has 0 saturated carbocycles. The lowest BCUT2D eigenvalue weighted by Gasteiger charge is -2.18. The van der Waals surface area contributed by atoms with Gasteiger partial charge in [-0.2, -0.15) is 5.10 Å². The van der Waals surface area contributed by atoms with Crippen LogP contribution >= 0.6 is 35.4 Å². The molecule has 0 spiro atoms. The van der Waals surface area contributed by atoms with Gasteiger partial charge >= 0.3 is 0 Å². The maximum absolute atomic E-state index is 12.7. The Balaban J connectivity index is 1.69. The van der Waals surface area contributed by atoms with Gasteiger partial charge in [0.15, 0.2) is 10.6 Å². The van der Waals surface area contributed by atoms with Crippen molar-refractivity contribution in [2.75, 3.05) is 18.9 Å². The predicted octanol–water partition coefficient (Wildman–Crippen LogP) is 4.32. The van der Waals surface area contributed by atoms with Crippen molar-refractivity contribution >= 4 is 52.9 Å². The monoisotopic (exact) mass is 463 g/mol. The molecule has 2 N–H and O–H groups in total. The maximum atomic E-state index is 12.7. The molecule has 0 aliphatic carbocycles. The summed E-state index contributed by atoms with van der Waals surface area (Å²) in [6, 6.07) is 12.6. The topological polar surface area (TPSA) is 83.0 Å². The Hall–Kier alpha value is -2.68. The lowest BCUT2D eigenvalue weighted by molar-refractivity contribution is -0.133. The molecule has 0 atom stereocenters. The number of hydrogen-bond donors (Lipinski definition) is 2. The van der Waals surface area contributed by atoms with Crippen LogP contribution in [-0.4, -0.2) is 45.1 Å². The Morgan fingerprint density at radius 3 is 2.43 bits per heavy atom. The van der Waals surface area contributed by atoms with E-state index >= 15 is 0 Å². The Kier molecular flexibility index (Phi) is 6.91. The van der Waals surface area contributed by atoms with E-state index in [-0.39, 0.29) is 19.0 Å². The average Bonchev–Trinajstić information content (AvgIpc) is 3.06. The molecule has 10 heteroatoms. The molecule has 0 unspecified atom stereocenters. The third-order valence-corrected chi connectivity index (χ3v) is 5.34. The van der Waals surface area contributed by atoms with Crippen LogP contribution in [0.1, 0.15) is 5.56 Å². The van der Waals surface area contributed by atoms with E-state index in [1.165, 1.54) is 11.9 Å². The second kappa shape index (κ2) is 9.42. The van der Waals surface area contributed by atoms with Crippen LogP contribution in [0.3, 0.4) is 0 Å². The number of H-pyrrole nitrogens is 1. The van der Waals surface area contributed by atoms with Crippen LogP contribution in [0.15, 0.2) is 42.5 Å². The fourth-order valence-corrected chi connectivity index (χ4v) is 3.43. The number of amides is 2.